The summed E-state index contributed by atoms with van der Waals surface area (Å²) in [6, 6.07) is 8.35. The molecule has 0 aliphatic heterocycles. The molecular formula is C13H21ClN2O. The molecule has 3 nitrogen and oxygen atoms in total. The molecule has 1 aromatic carbocycles. The monoisotopic (exact) mass is 256 g/mol. The van der Waals surface area contributed by atoms with Gasteiger partial charge in [-0.3, -0.25) is 4.79 Å². The summed E-state index contributed by atoms with van der Waals surface area (Å²) in [4.78, 5) is 13.4. The highest BCUT2D eigenvalue weighted by Crippen LogP contribution is 2.19. The SMILES string of the molecule is Cc1ccc(C(C)N(C)C(=O)CCN)cc1.Cl. The number of rotatable bonds is 4. The van der Waals surface area contributed by atoms with Crippen molar-refractivity contribution in [2.24, 2.45) is 5.73 Å². The molecule has 0 aliphatic carbocycles. The zero-order valence-corrected chi connectivity index (χ0v) is 11.5. The predicted molar refractivity (Wildman–Crippen MR) is 73.3 cm³/mol. The second kappa shape index (κ2) is 7.30. The van der Waals surface area contributed by atoms with E-state index >= 15 is 0 Å². The molecule has 0 heterocycles. The molecule has 2 N–H and O–H groups in total. The van der Waals surface area contributed by atoms with Gasteiger partial charge in [0.05, 0.1) is 6.04 Å². The van der Waals surface area contributed by atoms with E-state index in [2.05, 4.69) is 31.2 Å². The number of halogens is 1. The maximum absolute atomic E-state index is 11.7. The van der Waals surface area contributed by atoms with Crippen molar-refractivity contribution < 1.29 is 4.79 Å². The molecule has 0 radical (unpaired) electrons. The van der Waals surface area contributed by atoms with Crippen molar-refractivity contribution in [1.29, 1.82) is 0 Å². The predicted octanol–water partition coefficient (Wildman–Crippen LogP) is 2.29. The van der Waals surface area contributed by atoms with Crippen LogP contribution in [0.1, 0.15) is 30.5 Å². The summed E-state index contributed by atoms with van der Waals surface area (Å²) in [5, 5.41) is 0. The number of carbonyl (C=O) groups excluding carboxylic acids is 1. The van der Waals surface area contributed by atoms with Crippen molar-refractivity contribution in [3.63, 3.8) is 0 Å². The van der Waals surface area contributed by atoms with Crippen molar-refractivity contribution in [2.75, 3.05) is 13.6 Å². The van der Waals surface area contributed by atoms with Gasteiger partial charge in [-0.25, -0.2) is 0 Å². The zero-order valence-electron chi connectivity index (χ0n) is 10.6. The van der Waals surface area contributed by atoms with E-state index in [-0.39, 0.29) is 24.4 Å². The van der Waals surface area contributed by atoms with Crippen molar-refractivity contribution in [3.05, 3.63) is 35.4 Å². The van der Waals surface area contributed by atoms with Gasteiger partial charge in [0.1, 0.15) is 0 Å². The van der Waals surface area contributed by atoms with Crippen LogP contribution in [0.5, 0.6) is 0 Å². The molecule has 4 heteroatoms. The first-order valence-corrected chi connectivity index (χ1v) is 5.58. The summed E-state index contributed by atoms with van der Waals surface area (Å²) >= 11 is 0. The van der Waals surface area contributed by atoms with Gasteiger partial charge in [-0.15, -0.1) is 12.4 Å². The number of hydrogen-bond donors (Lipinski definition) is 1. The molecule has 1 rings (SSSR count). The first kappa shape index (κ1) is 15.9. The fourth-order valence-electron chi connectivity index (χ4n) is 1.58. The minimum Gasteiger partial charge on any atom is -0.339 e. The third kappa shape index (κ3) is 4.36. The van der Waals surface area contributed by atoms with Gasteiger partial charge in [-0.05, 0) is 19.4 Å². The Morgan fingerprint density at radius 1 is 1.35 bits per heavy atom. The number of nitrogens with zero attached hydrogens (tertiary/aromatic N) is 1. The van der Waals surface area contributed by atoms with Crippen LogP contribution < -0.4 is 5.73 Å². The highest BCUT2D eigenvalue weighted by molar-refractivity contribution is 5.85. The first-order valence-electron chi connectivity index (χ1n) is 5.58. The van der Waals surface area contributed by atoms with E-state index in [0.29, 0.717) is 13.0 Å². The molecule has 0 bridgehead atoms. The van der Waals surface area contributed by atoms with Crippen molar-refractivity contribution >= 4 is 18.3 Å². The third-order valence-electron chi connectivity index (χ3n) is 2.89. The molecule has 0 aliphatic rings. The number of hydrogen-bond acceptors (Lipinski definition) is 2. The average Bonchev–Trinajstić information content (AvgIpc) is 2.28. The van der Waals surface area contributed by atoms with E-state index in [9.17, 15) is 4.79 Å². The second-order valence-electron chi connectivity index (χ2n) is 4.13. The van der Waals surface area contributed by atoms with Crippen LogP contribution in [0.25, 0.3) is 0 Å². The van der Waals surface area contributed by atoms with Crippen molar-refractivity contribution in [3.8, 4) is 0 Å². The molecule has 0 spiro atoms. The van der Waals surface area contributed by atoms with E-state index in [0.717, 1.165) is 5.56 Å². The Morgan fingerprint density at radius 3 is 2.35 bits per heavy atom. The molecule has 0 fully saturated rings. The van der Waals surface area contributed by atoms with Crippen LogP contribution in [0.15, 0.2) is 24.3 Å². The Labute approximate surface area is 109 Å². The van der Waals surface area contributed by atoms with Gasteiger partial charge in [0.15, 0.2) is 0 Å². The lowest BCUT2D eigenvalue weighted by molar-refractivity contribution is -0.131. The number of nitrogens with two attached hydrogens (primary N) is 1. The largest absolute Gasteiger partial charge is 0.339 e. The van der Waals surface area contributed by atoms with Crippen molar-refractivity contribution in [2.45, 2.75) is 26.3 Å². The Balaban J connectivity index is 0.00000256. The Morgan fingerprint density at radius 2 is 1.88 bits per heavy atom. The Hall–Kier alpha value is -1.06. The van der Waals surface area contributed by atoms with Crippen LogP contribution in [0.3, 0.4) is 0 Å². The van der Waals surface area contributed by atoms with Gasteiger partial charge in [0.2, 0.25) is 5.91 Å². The van der Waals surface area contributed by atoms with E-state index in [4.69, 9.17) is 5.73 Å². The lowest BCUT2D eigenvalue weighted by atomic mass is 10.1. The zero-order chi connectivity index (χ0) is 12.1. The van der Waals surface area contributed by atoms with Crippen LogP contribution in [-0.2, 0) is 4.79 Å². The van der Waals surface area contributed by atoms with Crippen LogP contribution >= 0.6 is 12.4 Å². The summed E-state index contributed by atoms with van der Waals surface area (Å²) < 4.78 is 0. The molecule has 0 saturated carbocycles. The van der Waals surface area contributed by atoms with E-state index < -0.39 is 0 Å². The molecule has 96 valence electrons. The molecule has 1 atom stereocenters. The molecule has 1 aromatic rings. The maximum Gasteiger partial charge on any atom is 0.224 e. The van der Waals surface area contributed by atoms with Gasteiger partial charge in [-0.2, -0.15) is 0 Å². The summed E-state index contributed by atoms with van der Waals surface area (Å²) in [6.07, 6.45) is 0.409. The quantitative estimate of drug-likeness (QED) is 0.899. The first-order chi connectivity index (χ1) is 7.56. The molecule has 0 saturated heterocycles. The van der Waals surface area contributed by atoms with Crippen molar-refractivity contribution in [1.82, 2.24) is 4.90 Å². The topological polar surface area (TPSA) is 46.3 Å². The standard InChI is InChI=1S/C13H20N2O.ClH/c1-10-4-6-12(7-5-10)11(2)15(3)13(16)8-9-14;/h4-7,11H,8-9,14H2,1-3H3;1H. The lowest BCUT2D eigenvalue weighted by Crippen LogP contribution is -2.31. The molecule has 0 aromatic heterocycles. The Kier molecular flexibility index (Phi) is 6.85. The summed E-state index contributed by atoms with van der Waals surface area (Å²) in [6.45, 7) is 4.49. The van der Waals surface area contributed by atoms with E-state index in [1.54, 1.807) is 4.90 Å². The lowest BCUT2D eigenvalue weighted by Gasteiger charge is -2.25. The van der Waals surface area contributed by atoms with Gasteiger partial charge in [0.25, 0.3) is 0 Å². The molecule has 17 heavy (non-hydrogen) atoms. The minimum absolute atomic E-state index is 0. The molecule has 1 amide bonds. The number of aryl methyl sites for hydroxylation is 1. The van der Waals surface area contributed by atoms with Gasteiger partial charge in [0, 0.05) is 20.0 Å². The maximum atomic E-state index is 11.7. The molecule has 1 unspecified atom stereocenters. The van der Waals surface area contributed by atoms with E-state index in [1.165, 1.54) is 5.56 Å². The number of carbonyl (C=O) groups is 1. The van der Waals surface area contributed by atoms with E-state index in [1.807, 2.05) is 14.0 Å². The van der Waals surface area contributed by atoms with Crippen LogP contribution in [0, 0.1) is 6.92 Å². The average molecular weight is 257 g/mol. The highest BCUT2D eigenvalue weighted by atomic mass is 35.5. The van der Waals surface area contributed by atoms with Gasteiger partial charge >= 0.3 is 0 Å². The van der Waals surface area contributed by atoms with Gasteiger partial charge < -0.3 is 10.6 Å². The van der Waals surface area contributed by atoms with Gasteiger partial charge in [-0.1, -0.05) is 29.8 Å². The summed E-state index contributed by atoms with van der Waals surface area (Å²) in [5.41, 5.74) is 7.76. The fraction of sp³-hybridized carbons (Fsp3) is 0.462. The Bertz CT molecular complexity index is 351. The third-order valence-corrected chi connectivity index (χ3v) is 2.89. The fourth-order valence-corrected chi connectivity index (χ4v) is 1.58. The second-order valence-corrected chi connectivity index (χ2v) is 4.13. The normalized spacial score (nSPS) is 11.5. The van der Waals surface area contributed by atoms with Crippen LogP contribution in [-0.4, -0.2) is 24.4 Å². The minimum atomic E-state index is 0. The smallest absolute Gasteiger partial charge is 0.224 e. The molecular weight excluding hydrogens is 236 g/mol. The highest BCUT2D eigenvalue weighted by Gasteiger charge is 2.16. The van der Waals surface area contributed by atoms with Crippen LogP contribution in [0.2, 0.25) is 0 Å². The number of benzene rings is 1. The number of amides is 1. The van der Waals surface area contributed by atoms with Crippen LogP contribution in [0.4, 0.5) is 0 Å². The summed E-state index contributed by atoms with van der Waals surface area (Å²) in [5.74, 6) is 0.0931. The summed E-state index contributed by atoms with van der Waals surface area (Å²) in [7, 11) is 1.82.